The monoisotopic (exact) mass is 348 g/mol. The molecule has 3 heterocycles. The van der Waals surface area contributed by atoms with Gasteiger partial charge in [-0.25, -0.2) is 0 Å². The highest BCUT2D eigenvalue weighted by Crippen LogP contribution is 2.27. The lowest BCUT2D eigenvalue weighted by atomic mass is 10.2. The van der Waals surface area contributed by atoms with E-state index in [4.69, 9.17) is 4.55 Å². The Morgan fingerprint density at radius 3 is 2.50 bits per heavy atom. The fraction of sp³-hybridized carbons (Fsp3) is 0.375. The van der Waals surface area contributed by atoms with Crippen LogP contribution in [0.2, 0.25) is 0 Å². The summed E-state index contributed by atoms with van der Waals surface area (Å²) in [5.41, 5.74) is 0.956. The van der Waals surface area contributed by atoms with Gasteiger partial charge in [0.25, 0.3) is 10.1 Å². The van der Waals surface area contributed by atoms with Crippen LogP contribution in [0.3, 0.4) is 0 Å². The molecule has 0 aliphatic carbocycles. The molecule has 2 fully saturated rings. The van der Waals surface area contributed by atoms with Crippen LogP contribution in [0.15, 0.2) is 47.5 Å². The van der Waals surface area contributed by atoms with Crippen molar-refractivity contribution >= 4 is 15.9 Å². The van der Waals surface area contributed by atoms with E-state index in [0.29, 0.717) is 12.1 Å². The van der Waals surface area contributed by atoms with Crippen LogP contribution in [-0.4, -0.2) is 48.3 Å². The van der Waals surface area contributed by atoms with Crippen molar-refractivity contribution in [3.8, 4) is 0 Å². The molecule has 0 radical (unpaired) electrons. The number of rotatable bonds is 2. The second-order valence-electron chi connectivity index (χ2n) is 6.02. The lowest BCUT2D eigenvalue weighted by molar-refractivity contribution is 0.483. The summed E-state index contributed by atoms with van der Waals surface area (Å²) in [7, 11) is -4.02. The second kappa shape index (κ2) is 6.84. The third kappa shape index (κ3) is 3.89. The van der Waals surface area contributed by atoms with Gasteiger partial charge in [0.2, 0.25) is 0 Å². The minimum absolute atomic E-state index is 0.0666. The second-order valence-corrected chi connectivity index (χ2v) is 7.44. The molecule has 1 aromatic heterocycles. The minimum atomic E-state index is -4.02. The normalized spacial score (nSPS) is 22.2. The van der Waals surface area contributed by atoms with Gasteiger partial charge in [-0.15, -0.1) is 5.10 Å². The molecule has 8 heteroatoms. The Kier molecular flexibility index (Phi) is 4.79. The quantitative estimate of drug-likeness (QED) is 0.789. The number of aromatic nitrogens is 2. The van der Waals surface area contributed by atoms with Gasteiger partial charge in [0.1, 0.15) is 0 Å². The van der Waals surface area contributed by atoms with Crippen molar-refractivity contribution < 1.29 is 13.0 Å². The van der Waals surface area contributed by atoms with Gasteiger partial charge in [0.05, 0.1) is 4.90 Å². The molecule has 7 nitrogen and oxygen atoms in total. The maximum absolute atomic E-state index is 10.5. The van der Waals surface area contributed by atoms with Crippen LogP contribution in [0, 0.1) is 6.92 Å². The molecule has 0 saturated carbocycles. The van der Waals surface area contributed by atoms with E-state index in [1.54, 1.807) is 18.3 Å². The van der Waals surface area contributed by atoms with Crippen molar-refractivity contribution in [2.75, 3.05) is 18.0 Å². The third-order valence-electron chi connectivity index (χ3n) is 4.23. The SMILES string of the molecule is Cc1ccc(S(=O)(=O)O)cc1.c1cnnc(N2C[C@H]3C[C@@H]2CN3)c1. The number of aryl methyl sites for hydroxylation is 1. The number of anilines is 1. The van der Waals surface area contributed by atoms with Crippen LogP contribution >= 0.6 is 0 Å². The van der Waals surface area contributed by atoms with Gasteiger partial charge >= 0.3 is 0 Å². The highest BCUT2D eigenvalue weighted by Gasteiger charge is 2.38. The van der Waals surface area contributed by atoms with Crippen molar-refractivity contribution in [1.82, 2.24) is 15.5 Å². The predicted octanol–water partition coefficient (Wildman–Crippen LogP) is 1.27. The molecule has 4 rings (SSSR count). The first kappa shape index (κ1) is 16.8. The highest BCUT2D eigenvalue weighted by molar-refractivity contribution is 7.85. The van der Waals surface area contributed by atoms with Gasteiger partial charge in [0, 0.05) is 31.4 Å². The highest BCUT2D eigenvalue weighted by atomic mass is 32.2. The molecule has 2 aliphatic heterocycles. The number of benzene rings is 1. The van der Waals surface area contributed by atoms with E-state index >= 15 is 0 Å². The van der Waals surface area contributed by atoms with Gasteiger partial charge in [-0.05, 0) is 37.6 Å². The molecule has 128 valence electrons. The summed E-state index contributed by atoms with van der Waals surface area (Å²) >= 11 is 0. The molecule has 0 unspecified atom stereocenters. The van der Waals surface area contributed by atoms with Crippen molar-refractivity contribution in [1.29, 1.82) is 0 Å². The Labute approximate surface area is 141 Å². The number of hydrogen-bond donors (Lipinski definition) is 2. The van der Waals surface area contributed by atoms with Gasteiger partial charge < -0.3 is 10.2 Å². The summed E-state index contributed by atoms with van der Waals surface area (Å²) in [5, 5.41) is 11.5. The Morgan fingerprint density at radius 2 is 2.00 bits per heavy atom. The van der Waals surface area contributed by atoms with Crippen LogP contribution in [0.5, 0.6) is 0 Å². The van der Waals surface area contributed by atoms with E-state index in [-0.39, 0.29) is 4.90 Å². The van der Waals surface area contributed by atoms with Gasteiger partial charge in [-0.1, -0.05) is 17.7 Å². The lowest BCUT2D eigenvalue weighted by Crippen LogP contribution is -2.44. The van der Waals surface area contributed by atoms with E-state index in [1.807, 2.05) is 19.1 Å². The smallest absolute Gasteiger partial charge is 0.294 e. The molecule has 2 bridgehead atoms. The molecule has 2 saturated heterocycles. The van der Waals surface area contributed by atoms with E-state index < -0.39 is 10.1 Å². The maximum atomic E-state index is 10.5. The fourth-order valence-corrected chi connectivity index (χ4v) is 3.48. The first-order valence-electron chi connectivity index (χ1n) is 7.75. The molecule has 2 aromatic rings. The number of hydrogen-bond acceptors (Lipinski definition) is 6. The molecule has 0 amide bonds. The van der Waals surface area contributed by atoms with Crippen molar-refractivity contribution in [3.05, 3.63) is 48.2 Å². The van der Waals surface area contributed by atoms with Gasteiger partial charge in [-0.3, -0.25) is 4.55 Å². The summed E-state index contributed by atoms with van der Waals surface area (Å²) in [4.78, 5) is 2.29. The van der Waals surface area contributed by atoms with Crippen LogP contribution in [-0.2, 0) is 10.1 Å². The van der Waals surface area contributed by atoms with Crippen molar-refractivity contribution in [3.63, 3.8) is 0 Å². The van der Waals surface area contributed by atoms with Crippen molar-refractivity contribution in [2.45, 2.75) is 30.3 Å². The van der Waals surface area contributed by atoms with Gasteiger partial charge in [0.15, 0.2) is 5.82 Å². The fourth-order valence-electron chi connectivity index (χ4n) is 3.00. The van der Waals surface area contributed by atoms with Crippen molar-refractivity contribution in [2.24, 2.45) is 0 Å². The standard InChI is InChI=1S/C9H12N4.C7H8O3S/c1-2-9(12-11-3-1)13-6-7-4-8(13)5-10-7;1-6-2-4-7(5-3-6)11(8,9)10/h1-3,7-8,10H,4-6H2;2-5H,1H3,(H,8,9,10)/t7-,8-;/m1./s1. The minimum Gasteiger partial charge on any atom is -0.349 e. The Morgan fingerprint density at radius 1 is 1.25 bits per heavy atom. The third-order valence-corrected chi connectivity index (χ3v) is 5.10. The topological polar surface area (TPSA) is 95.4 Å². The average molecular weight is 348 g/mol. The zero-order valence-electron chi connectivity index (χ0n) is 13.3. The van der Waals surface area contributed by atoms with Crippen LogP contribution < -0.4 is 10.2 Å². The number of piperazine rings is 1. The maximum Gasteiger partial charge on any atom is 0.294 e. The molecule has 24 heavy (non-hydrogen) atoms. The predicted molar refractivity (Wildman–Crippen MR) is 90.6 cm³/mol. The first-order valence-corrected chi connectivity index (χ1v) is 9.19. The van der Waals surface area contributed by atoms with Gasteiger partial charge in [-0.2, -0.15) is 13.5 Å². The van der Waals surface area contributed by atoms with E-state index in [0.717, 1.165) is 24.5 Å². The molecule has 1 aromatic carbocycles. The Balaban J connectivity index is 0.000000144. The Hall–Kier alpha value is -2.03. The summed E-state index contributed by atoms with van der Waals surface area (Å²) in [6.45, 7) is 4.03. The molecule has 2 aliphatic rings. The molecule has 2 N–H and O–H groups in total. The molecule has 2 atom stereocenters. The largest absolute Gasteiger partial charge is 0.349 e. The van der Waals surface area contributed by atoms with E-state index in [1.165, 1.54) is 18.6 Å². The number of fused-ring (bicyclic) bond motifs is 2. The van der Waals surface area contributed by atoms with Crippen LogP contribution in [0.4, 0.5) is 5.82 Å². The zero-order chi connectivity index (χ0) is 17.2. The van der Waals surface area contributed by atoms with Crippen LogP contribution in [0.25, 0.3) is 0 Å². The average Bonchev–Trinajstić information content (AvgIpc) is 3.19. The van der Waals surface area contributed by atoms with E-state index in [2.05, 4.69) is 20.4 Å². The summed E-state index contributed by atoms with van der Waals surface area (Å²) < 4.78 is 29.6. The summed E-state index contributed by atoms with van der Waals surface area (Å²) in [6, 6.07) is 11.3. The summed E-state index contributed by atoms with van der Waals surface area (Å²) in [6.07, 6.45) is 2.98. The lowest BCUT2D eigenvalue weighted by Gasteiger charge is -2.27. The molecular weight excluding hydrogens is 328 g/mol. The first-order chi connectivity index (χ1) is 11.4. The summed E-state index contributed by atoms with van der Waals surface area (Å²) in [5.74, 6) is 1.02. The molecular formula is C16H20N4O3S. The number of nitrogens with zero attached hydrogens (tertiary/aromatic N) is 3. The molecule has 0 spiro atoms. The Bertz CT molecular complexity index is 781. The van der Waals surface area contributed by atoms with Crippen LogP contribution in [0.1, 0.15) is 12.0 Å². The van der Waals surface area contributed by atoms with E-state index in [9.17, 15) is 8.42 Å². The zero-order valence-corrected chi connectivity index (χ0v) is 14.1. The number of nitrogens with one attached hydrogen (secondary N) is 1.